The molecule has 7 heteroatoms. The third-order valence-electron chi connectivity index (χ3n) is 5.51. The number of hydrogen-bond acceptors (Lipinski definition) is 5. The van der Waals surface area contributed by atoms with Gasteiger partial charge < -0.3 is 25.0 Å². The molecule has 0 saturated carbocycles. The fourth-order valence-corrected chi connectivity index (χ4v) is 3.54. The van der Waals surface area contributed by atoms with Gasteiger partial charge in [0.25, 0.3) is 0 Å². The molecule has 3 rings (SSSR count). The highest BCUT2D eigenvalue weighted by molar-refractivity contribution is 5.79. The van der Waals surface area contributed by atoms with Gasteiger partial charge >= 0.3 is 0 Å². The van der Waals surface area contributed by atoms with Crippen LogP contribution in [0.15, 0.2) is 53.5 Å². The lowest BCUT2D eigenvalue weighted by Gasteiger charge is -2.32. The molecule has 1 fully saturated rings. The summed E-state index contributed by atoms with van der Waals surface area (Å²) in [5.74, 6) is 2.45. The minimum Gasteiger partial charge on any atom is -0.497 e. The van der Waals surface area contributed by atoms with Crippen molar-refractivity contribution >= 4 is 5.96 Å². The summed E-state index contributed by atoms with van der Waals surface area (Å²) >= 11 is 0. The first-order valence-corrected chi connectivity index (χ1v) is 11.4. The maximum atomic E-state index is 5.77. The highest BCUT2D eigenvalue weighted by Crippen LogP contribution is 2.16. The zero-order valence-electron chi connectivity index (χ0n) is 19.6. The van der Waals surface area contributed by atoms with Crippen LogP contribution >= 0.6 is 0 Å². The molecule has 174 valence electrons. The van der Waals surface area contributed by atoms with Crippen LogP contribution in [0.25, 0.3) is 0 Å². The second-order valence-electron chi connectivity index (χ2n) is 8.04. The molecule has 2 aromatic rings. The summed E-state index contributed by atoms with van der Waals surface area (Å²) in [6.45, 7) is 10.4. The van der Waals surface area contributed by atoms with E-state index in [1.807, 2.05) is 24.3 Å². The predicted octanol–water partition coefficient (Wildman–Crippen LogP) is 2.58. The van der Waals surface area contributed by atoms with Crippen molar-refractivity contribution in [3.05, 3.63) is 59.7 Å². The van der Waals surface area contributed by atoms with E-state index in [9.17, 15) is 0 Å². The Labute approximate surface area is 192 Å². The summed E-state index contributed by atoms with van der Waals surface area (Å²) in [4.78, 5) is 9.62. The Balaban J connectivity index is 1.42. The molecule has 0 unspecified atom stereocenters. The summed E-state index contributed by atoms with van der Waals surface area (Å²) in [6, 6.07) is 16.4. The summed E-state index contributed by atoms with van der Waals surface area (Å²) in [6.07, 6.45) is 0. The largest absolute Gasteiger partial charge is 0.497 e. The number of likely N-dealkylation sites (N-methyl/N-ethyl adjacent to an activating group) is 1. The molecular formula is C25H37N5O2. The van der Waals surface area contributed by atoms with Gasteiger partial charge in [-0.25, -0.2) is 4.99 Å². The molecule has 0 spiro atoms. The lowest BCUT2D eigenvalue weighted by atomic mass is 10.1. The molecule has 2 N–H and O–H groups in total. The molecule has 32 heavy (non-hydrogen) atoms. The molecule has 0 atom stereocenters. The molecule has 0 radical (unpaired) electrons. The van der Waals surface area contributed by atoms with Crippen LogP contribution in [-0.2, 0) is 13.1 Å². The average molecular weight is 440 g/mol. The minimum absolute atomic E-state index is 0.553. The van der Waals surface area contributed by atoms with Crippen molar-refractivity contribution in [3.8, 4) is 11.5 Å². The van der Waals surface area contributed by atoms with E-state index in [2.05, 4.69) is 58.7 Å². The first-order chi connectivity index (χ1) is 15.7. The number of piperazine rings is 1. The van der Waals surface area contributed by atoms with Gasteiger partial charge in [-0.3, -0.25) is 4.90 Å². The molecule has 1 aliphatic heterocycles. The molecular weight excluding hydrogens is 402 g/mol. The molecule has 0 aliphatic carbocycles. The van der Waals surface area contributed by atoms with Crippen LogP contribution in [0, 0.1) is 0 Å². The zero-order chi connectivity index (χ0) is 22.6. The van der Waals surface area contributed by atoms with Gasteiger partial charge in [-0.05, 0) is 49.4 Å². The molecule has 7 nitrogen and oxygen atoms in total. The van der Waals surface area contributed by atoms with E-state index < -0.39 is 0 Å². The van der Waals surface area contributed by atoms with Crippen LogP contribution in [0.4, 0.5) is 0 Å². The number of ether oxygens (including phenoxy) is 2. The van der Waals surface area contributed by atoms with Gasteiger partial charge in [-0.15, -0.1) is 0 Å². The van der Waals surface area contributed by atoms with Gasteiger partial charge in [-0.1, -0.05) is 24.3 Å². The van der Waals surface area contributed by atoms with E-state index in [0.29, 0.717) is 19.7 Å². The number of hydrogen-bond donors (Lipinski definition) is 2. The van der Waals surface area contributed by atoms with E-state index in [1.165, 1.54) is 11.1 Å². The van der Waals surface area contributed by atoms with E-state index in [0.717, 1.165) is 56.7 Å². The fraction of sp³-hybridized carbons (Fsp3) is 0.480. The number of methoxy groups -OCH3 is 1. The van der Waals surface area contributed by atoms with E-state index in [4.69, 9.17) is 14.5 Å². The van der Waals surface area contributed by atoms with Crippen LogP contribution in [-0.4, -0.2) is 75.8 Å². The van der Waals surface area contributed by atoms with Crippen molar-refractivity contribution in [3.63, 3.8) is 0 Å². The first kappa shape index (κ1) is 23.9. The fourth-order valence-electron chi connectivity index (χ4n) is 3.54. The van der Waals surface area contributed by atoms with Crippen LogP contribution in [0.2, 0.25) is 0 Å². The van der Waals surface area contributed by atoms with Crippen LogP contribution < -0.4 is 20.1 Å². The van der Waals surface area contributed by atoms with E-state index in [-0.39, 0.29) is 0 Å². The van der Waals surface area contributed by atoms with Crippen LogP contribution in [0.5, 0.6) is 11.5 Å². The second-order valence-corrected chi connectivity index (χ2v) is 8.04. The number of rotatable bonds is 10. The number of nitrogens with zero attached hydrogens (tertiary/aromatic N) is 3. The predicted molar refractivity (Wildman–Crippen MR) is 131 cm³/mol. The summed E-state index contributed by atoms with van der Waals surface area (Å²) < 4.78 is 10.9. The maximum Gasteiger partial charge on any atom is 0.191 e. The maximum absolute atomic E-state index is 5.77. The van der Waals surface area contributed by atoms with Crippen molar-refractivity contribution in [2.24, 2.45) is 4.99 Å². The first-order valence-electron chi connectivity index (χ1n) is 11.4. The SMILES string of the molecule is CCNC(=NCc1ccc(CN2CCN(C)CC2)cc1)NCCOc1ccc(OC)cc1. The number of guanidine groups is 1. The molecule has 2 aromatic carbocycles. The Hall–Kier alpha value is -2.77. The Kier molecular flexibility index (Phi) is 9.65. The Morgan fingerprint density at radius 2 is 1.56 bits per heavy atom. The average Bonchev–Trinajstić information content (AvgIpc) is 2.83. The molecule has 0 aromatic heterocycles. The van der Waals surface area contributed by atoms with Gasteiger partial charge in [0.15, 0.2) is 5.96 Å². The van der Waals surface area contributed by atoms with E-state index in [1.54, 1.807) is 7.11 Å². The highest BCUT2D eigenvalue weighted by Gasteiger charge is 2.13. The summed E-state index contributed by atoms with van der Waals surface area (Å²) in [5, 5.41) is 6.62. The normalized spacial score (nSPS) is 15.4. The van der Waals surface area contributed by atoms with Gasteiger partial charge in [0, 0.05) is 39.3 Å². The monoisotopic (exact) mass is 439 g/mol. The third-order valence-corrected chi connectivity index (χ3v) is 5.51. The molecule has 0 amide bonds. The number of nitrogens with one attached hydrogen (secondary N) is 2. The topological polar surface area (TPSA) is 61.4 Å². The van der Waals surface area contributed by atoms with Gasteiger partial charge in [-0.2, -0.15) is 0 Å². The van der Waals surface area contributed by atoms with Crippen molar-refractivity contribution < 1.29 is 9.47 Å². The summed E-state index contributed by atoms with van der Waals surface area (Å²) in [5.41, 5.74) is 2.57. The van der Waals surface area contributed by atoms with Crippen LogP contribution in [0.3, 0.4) is 0 Å². The Morgan fingerprint density at radius 3 is 2.22 bits per heavy atom. The lowest BCUT2D eigenvalue weighted by molar-refractivity contribution is 0.148. The molecule has 0 bridgehead atoms. The Morgan fingerprint density at radius 1 is 0.906 bits per heavy atom. The molecule has 1 heterocycles. The summed E-state index contributed by atoms with van der Waals surface area (Å²) in [7, 11) is 3.85. The second kappa shape index (κ2) is 12.9. The standard InChI is InChI=1S/C25H37N5O2/c1-4-26-25(27-13-18-32-24-11-9-23(31-3)10-12-24)28-19-21-5-7-22(8-6-21)20-30-16-14-29(2)15-17-30/h5-12H,4,13-20H2,1-3H3,(H2,26,27,28). The van der Waals surface area contributed by atoms with Gasteiger partial charge in [0.2, 0.25) is 0 Å². The lowest BCUT2D eigenvalue weighted by Crippen LogP contribution is -2.43. The number of benzene rings is 2. The minimum atomic E-state index is 0.553. The number of aliphatic imine (C=N–C) groups is 1. The van der Waals surface area contributed by atoms with Gasteiger partial charge in [0.05, 0.1) is 20.2 Å². The van der Waals surface area contributed by atoms with Crippen molar-refractivity contribution in [2.45, 2.75) is 20.0 Å². The highest BCUT2D eigenvalue weighted by atomic mass is 16.5. The van der Waals surface area contributed by atoms with E-state index >= 15 is 0 Å². The molecule has 1 aliphatic rings. The quantitative estimate of drug-likeness (QED) is 0.337. The third kappa shape index (κ3) is 8.05. The van der Waals surface area contributed by atoms with Crippen molar-refractivity contribution in [2.75, 3.05) is 60.0 Å². The Bertz CT molecular complexity index is 815. The van der Waals surface area contributed by atoms with Crippen LogP contribution in [0.1, 0.15) is 18.1 Å². The van der Waals surface area contributed by atoms with Crippen molar-refractivity contribution in [1.82, 2.24) is 20.4 Å². The molecule has 1 saturated heterocycles. The van der Waals surface area contributed by atoms with Gasteiger partial charge in [0.1, 0.15) is 18.1 Å². The smallest absolute Gasteiger partial charge is 0.191 e. The zero-order valence-corrected chi connectivity index (χ0v) is 19.6. The van der Waals surface area contributed by atoms with Crippen molar-refractivity contribution in [1.29, 1.82) is 0 Å².